The van der Waals surface area contributed by atoms with E-state index in [1.807, 2.05) is 0 Å². The highest BCUT2D eigenvalue weighted by molar-refractivity contribution is 6.17. The van der Waals surface area contributed by atoms with Crippen LogP contribution < -0.4 is 0 Å². The van der Waals surface area contributed by atoms with Gasteiger partial charge in [-0.25, -0.2) is 0 Å². The Balaban J connectivity index is 2.12. The minimum atomic E-state index is 0.194. The lowest BCUT2D eigenvalue weighted by molar-refractivity contribution is 0.299. The van der Waals surface area contributed by atoms with Crippen molar-refractivity contribution in [3.05, 3.63) is 72.3 Å². The zero-order chi connectivity index (χ0) is 14.2. The van der Waals surface area contributed by atoms with Gasteiger partial charge >= 0.3 is 0 Å². The van der Waals surface area contributed by atoms with Gasteiger partial charge in [-0.3, -0.25) is 0 Å². The van der Waals surface area contributed by atoms with E-state index < -0.39 is 0 Å². The third-order valence-corrected chi connectivity index (χ3v) is 4.21. The molecule has 1 heteroatoms. The Morgan fingerprint density at radius 1 is 0.619 bits per heavy atom. The molecular weight excluding hydrogens is 256 g/mol. The molecule has 0 atom stereocenters. The quantitative estimate of drug-likeness (QED) is 0.525. The standard InChI is InChI=1S/C20H16O/c21-12-11-14-5-6-16-8-9-18-17-4-2-1-3-15(17)7-10-19(18)20(16)13-14/h1-10,13,21H,11-12H2. The SMILES string of the molecule is OCCc1ccc2ccc3c4ccccc4ccc3c2c1. The van der Waals surface area contributed by atoms with Crippen LogP contribution in [0.1, 0.15) is 5.56 Å². The van der Waals surface area contributed by atoms with Crippen LogP contribution >= 0.6 is 0 Å². The summed E-state index contributed by atoms with van der Waals surface area (Å²) in [6.45, 7) is 0.194. The average Bonchev–Trinajstić information content (AvgIpc) is 2.54. The third-order valence-electron chi connectivity index (χ3n) is 4.21. The molecule has 4 aromatic carbocycles. The summed E-state index contributed by atoms with van der Waals surface area (Å²) in [6, 6.07) is 23.8. The van der Waals surface area contributed by atoms with E-state index in [0.717, 1.165) is 0 Å². The van der Waals surface area contributed by atoms with Gasteiger partial charge < -0.3 is 5.11 Å². The second-order valence-electron chi connectivity index (χ2n) is 5.48. The molecule has 0 radical (unpaired) electrons. The Hall–Kier alpha value is -2.38. The normalized spacial score (nSPS) is 11.5. The number of aliphatic hydroxyl groups excluding tert-OH is 1. The topological polar surface area (TPSA) is 20.2 Å². The summed E-state index contributed by atoms with van der Waals surface area (Å²) in [6.07, 6.45) is 0.708. The molecule has 0 aliphatic heterocycles. The van der Waals surface area contributed by atoms with Gasteiger partial charge in [-0.05, 0) is 44.3 Å². The first-order chi connectivity index (χ1) is 10.4. The zero-order valence-electron chi connectivity index (χ0n) is 11.7. The molecule has 0 fully saturated rings. The van der Waals surface area contributed by atoms with Crippen molar-refractivity contribution in [2.75, 3.05) is 6.61 Å². The average molecular weight is 272 g/mol. The molecule has 0 aliphatic rings. The third kappa shape index (κ3) is 1.98. The minimum absolute atomic E-state index is 0.194. The van der Waals surface area contributed by atoms with Crippen LogP contribution in [-0.4, -0.2) is 11.7 Å². The largest absolute Gasteiger partial charge is 0.396 e. The van der Waals surface area contributed by atoms with Crippen molar-refractivity contribution < 1.29 is 5.11 Å². The van der Waals surface area contributed by atoms with Gasteiger partial charge in [0.25, 0.3) is 0 Å². The van der Waals surface area contributed by atoms with E-state index in [0.29, 0.717) is 6.42 Å². The summed E-state index contributed by atoms with van der Waals surface area (Å²) in [5.41, 5.74) is 1.19. The number of hydrogen-bond donors (Lipinski definition) is 1. The molecule has 0 saturated heterocycles. The number of rotatable bonds is 2. The second-order valence-corrected chi connectivity index (χ2v) is 5.48. The van der Waals surface area contributed by atoms with Gasteiger partial charge in [-0.15, -0.1) is 0 Å². The van der Waals surface area contributed by atoms with E-state index in [1.165, 1.54) is 37.9 Å². The lowest BCUT2D eigenvalue weighted by Crippen LogP contribution is -1.90. The van der Waals surface area contributed by atoms with E-state index in [9.17, 15) is 0 Å². The van der Waals surface area contributed by atoms with Crippen LogP contribution in [0.2, 0.25) is 0 Å². The number of hydrogen-bond acceptors (Lipinski definition) is 1. The van der Waals surface area contributed by atoms with Crippen molar-refractivity contribution in [3.8, 4) is 0 Å². The Morgan fingerprint density at radius 3 is 2.10 bits per heavy atom. The van der Waals surface area contributed by atoms with Crippen LogP contribution in [0.15, 0.2) is 66.7 Å². The lowest BCUT2D eigenvalue weighted by atomic mass is 9.95. The molecule has 0 saturated carbocycles. The predicted molar refractivity (Wildman–Crippen MR) is 89.7 cm³/mol. The fourth-order valence-electron chi connectivity index (χ4n) is 3.15. The van der Waals surface area contributed by atoms with Crippen molar-refractivity contribution in [1.29, 1.82) is 0 Å². The zero-order valence-corrected chi connectivity index (χ0v) is 11.7. The van der Waals surface area contributed by atoms with Crippen molar-refractivity contribution in [2.45, 2.75) is 6.42 Å². The van der Waals surface area contributed by atoms with Crippen molar-refractivity contribution in [3.63, 3.8) is 0 Å². The molecule has 21 heavy (non-hydrogen) atoms. The molecule has 0 amide bonds. The summed E-state index contributed by atoms with van der Waals surface area (Å²) in [5.74, 6) is 0. The predicted octanol–water partition coefficient (Wildman–Crippen LogP) is 4.68. The maximum absolute atomic E-state index is 9.15. The fourth-order valence-corrected chi connectivity index (χ4v) is 3.15. The Labute approximate surface area is 123 Å². The smallest absolute Gasteiger partial charge is 0.0471 e. The van der Waals surface area contributed by atoms with Crippen LogP contribution in [0.3, 0.4) is 0 Å². The number of fused-ring (bicyclic) bond motifs is 5. The molecule has 0 bridgehead atoms. The second kappa shape index (κ2) is 4.87. The first-order valence-corrected chi connectivity index (χ1v) is 7.31. The highest BCUT2D eigenvalue weighted by Gasteiger charge is 2.05. The van der Waals surface area contributed by atoms with E-state index in [1.54, 1.807) is 0 Å². The Morgan fingerprint density at radius 2 is 1.29 bits per heavy atom. The first-order valence-electron chi connectivity index (χ1n) is 7.31. The highest BCUT2D eigenvalue weighted by atomic mass is 16.2. The summed E-state index contributed by atoms with van der Waals surface area (Å²) in [7, 11) is 0. The Kier molecular flexibility index (Phi) is 2.87. The molecule has 0 unspecified atom stereocenters. The summed E-state index contributed by atoms with van der Waals surface area (Å²) >= 11 is 0. The van der Waals surface area contributed by atoms with Crippen molar-refractivity contribution in [1.82, 2.24) is 0 Å². The van der Waals surface area contributed by atoms with Gasteiger partial charge in [0.05, 0.1) is 0 Å². The molecule has 0 spiro atoms. The van der Waals surface area contributed by atoms with Crippen molar-refractivity contribution >= 4 is 32.3 Å². The van der Waals surface area contributed by atoms with E-state index in [4.69, 9.17) is 5.11 Å². The number of aliphatic hydroxyl groups is 1. The molecule has 4 rings (SSSR count). The van der Waals surface area contributed by atoms with Gasteiger partial charge in [-0.1, -0.05) is 66.7 Å². The summed E-state index contributed by atoms with van der Waals surface area (Å²) < 4.78 is 0. The van der Waals surface area contributed by atoms with Gasteiger partial charge in [0.15, 0.2) is 0 Å². The molecule has 0 heterocycles. The molecule has 0 aliphatic carbocycles. The van der Waals surface area contributed by atoms with Crippen LogP contribution in [-0.2, 0) is 6.42 Å². The van der Waals surface area contributed by atoms with Crippen LogP contribution in [0, 0.1) is 0 Å². The molecule has 1 N–H and O–H groups in total. The molecule has 4 aromatic rings. The van der Waals surface area contributed by atoms with E-state index in [-0.39, 0.29) is 6.61 Å². The first kappa shape index (κ1) is 12.4. The van der Waals surface area contributed by atoms with Crippen LogP contribution in [0.25, 0.3) is 32.3 Å². The minimum Gasteiger partial charge on any atom is -0.396 e. The Bertz CT molecular complexity index is 954. The fraction of sp³-hybridized carbons (Fsp3) is 0.100. The van der Waals surface area contributed by atoms with Crippen LogP contribution in [0.5, 0.6) is 0 Å². The van der Waals surface area contributed by atoms with Gasteiger partial charge in [0.1, 0.15) is 0 Å². The number of benzene rings is 4. The molecular formula is C20H16O. The maximum Gasteiger partial charge on any atom is 0.0471 e. The van der Waals surface area contributed by atoms with E-state index >= 15 is 0 Å². The monoisotopic (exact) mass is 272 g/mol. The maximum atomic E-state index is 9.15. The van der Waals surface area contributed by atoms with Crippen molar-refractivity contribution in [2.24, 2.45) is 0 Å². The summed E-state index contributed by atoms with van der Waals surface area (Å²) in [4.78, 5) is 0. The van der Waals surface area contributed by atoms with Gasteiger partial charge in [-0.2, -0.15) is 0 Å². The summed E-state index contributed by atoms with van der Waals surface area (Å²) in [5, 5.41) is 16.8. The highest BCUT2D eigenvalue weighted by Crippen LogP contribution is 2.31. The van der Waals surface area contributed by atoms with Gasteiger partial charge in [0.2, 0.25) is 0 Å². The molecule has 1 nitrogen and oxygen atoms in total. The van der Waals surface area contributed by atoms with Crippen LogP contribution in [0.4, 0.5) is 0 Å². The van der Waals surface area contributed by atoms with Gasteiger partial charge in [0, 0.05) is 6.61 Å². The molecule has 102 valence electrons. The molecule has 0 aromatic heterocycles. The van der Waals surface area contributed by atoms with E-state index in [2.05, 4.69) is 66.7 Å². The lowest BCUT2D eigenvalue weighted by Gasteiger charge is -2.09.